The van der Waals surface area contributed by atoms with Crippen LogP contribution in [0.25, 0.3) is 0 Å². The molecule has 1 aromatic carbocycles. The average Bonchev–Trinajstić information content (AvgIpc) is 2.25. The van der Waals surface area contributed by atoms with E-state index in [1.165, 1.54) is 40.0 Å². The highest BCUT2D eigenvalue weighted by molar-refractivity contribution is 5.56. The minimum Gasteiger partial charge on any atom is -0.490 e. The first-order valence-corrected chi connectivity index (χ1v) is 6.72. The molecule has 1 nitrogen and oxygen atoms in total. The Labute approximate surface area is 105 Å². The van der Waals surface area contributed by atoms with Crippen molar-refractivity contribution in [3.05, 3.63) is 27.8 Å². The van der Waals surface area contributed by atoms with Crippen molar-refractivity contribution >= 4 is 0 Å². The molecule has 0 saturated carbocycles. The summed E-state index contributed by atoms with van der Waals surface area (Å²) in [6.45, 7) is 13.4. The molecular weight excluding hydrogens is 208 g/mol. The first kappa shape index (κ1) is 12.5. The van der Waals surface area contributed by atoms with E-state index < -0.39 is 0 Å². The largest absolute Gasteiger partial charge is 0.490 e. The van der Waals surface area contributed by atoms with Gasteiger partial charge in [0.05, 0.1) is 6.10 Å². The maximum Gasteiger partial charge on any atom is 0.126 e. The van der Waals surface area contributed by atoms with Crippen LogP contribution < -0.4 is 4.74 Å². The third-order valence-electron chi connectivity index (χ3n) is 4.14. The molecule has 1 atom stereocenters. The van der Waals surface area contributed by atoms with Crippen molar-refractivity contribution < 1.29 is 4.74 Å². The zero-order chi connectivity index (χ0) is 12.7. The molecule has 0 bridgehead atoms. The maximum atomic E-state index is 6.06. The molecule has 0 radical (unpaired) electrons. The van der Waals surface area contributed by atoms with E-state index in [4.69, 9.17) is 4.74 Å². The second kappa shape index (κ2) is 4.36. The van der Waals surface area contributed by atoms with Gasteiger partial charge in [0.2, 0.25) is 0 Å². The fraction of sp³-hybridized carbons (Fsp3) is 0.625. The van der Waals surface area contributed by atoms with Gasteiger partial charge in [-0.05, 0) is 74.3 Å². The van der Waals surface area contributed by atoms with Crippen LogP contribution in [0.5, 0.6) is 5.75 Å². The summed E-state index contributed by atoms with van der Waals surface area (Å²) < 4.78 is 6.06. The third kappa shape index (κ3) is 1.96. The fourth-order valence-electron chi connectivity index (χ4n) is 3.15. The summed E-state index contributed by atoms with van der Waals surface area (Å²) in [6, 6.07) is 0. The lowest BCUT2D eigenvalue weighted by molar-refractivity contribution is 0.190. The molecule has 0 spiro atoms. The highest BCUT2D eigenvalue weighted by atomic mass is 16.5. The Morgan fingerprint density at radius 3 is 2.29 bits per heavy atom. The normalized spacial score (nSPS) is 19.1. The van der Waals surface area contributed by atoms with Gasteiger partial charge in [-0.1, -0.05) is 13.8 Å². The third-order valence-corrected chi connectivity index (χ3v) is 4.14. The Hall–Kier alpha value is -0.980. The molecule has 0 amide bonds. The molecule has 1 heteroatoms. The molecule has 1 unspecified atom stereocenters. The number of ether oxygens (including phenoxy) is 1. The van der Waals surface area contributed by atoms with Gasteiger partial charge in [-0.2, -0.15) is 0 Å². The van der Waals surface area contributed by atoms with Crippen LogP contribution in [-0.4, -0.2) is 6.10 Å². The molecule has 1 aliphatic heterocycles. The predicted octanol–water partition coefficient (Wildman–Crippen LogP) is 4.45. The van der Waals surface area contributed by atoms with Crippen molar-refractivity contribution in [2.75, 3.05) is 0 Å². The van der Waals surface area contributed by atoms with Crippen molar-refractivity contribution in [3.8, 4) is 5.75 Å². The summed E-state index contributed by atoms with van der Waals surface area (Å²) in [5.74, 6) is 1.77. The second-order valence-corrected chi connectivity index (χ2v) is 5.72. The minimum atomic E-state index is 0.366. The molecule has 17 heavy (non-hydrogen) atoms. The zero-order valence-corrected chi connectivity index (χ0v) is 12.0. The molecule has 1 heterocycles. The number of fused-ring (bicyclic) bond motifs is 1. The quantitative estimate of drug-likeness (QED) is 0.695. The lowest BCUT2D eigenvalue weighted by Gasteiger charge is -2.30. The van der Waals surface area contributed by atoms with Gasteiger partial charge in [0.25, 0.3) is 0 Å². The highest BCUT2D eigenvalue weighted by Crippen LogP contribution is 2.40. The lowest BCUT2D eigenvalue weighted by Crippen LogP contribution is -2.22. The molecule has 1 aromatic rings. The smallest absolute Gasteiger partial charge is 0.126 e. The van der Waals surface area contributed by atoms with E-state index in [9.17, 15) is 0 Å². The van der Waals surface area contributed by atoms with Crippen LogP contribution >= 0.6 is 0 Å². The van der Waals surface area contributed by atoms with Gasteiger partial charge in [0.1, 0.15) is 5.75 Å². The SMILES string of the molecule is Cc1c(C)c(C(C)C)c(C)c2c1OC(C)CC2. The van der Waals surface area contributed by atoms with E-state index >= 15 is 0 Å². The standard InChI is InChI=1S/C16H24O/c1-9(2)15-11(4)12(5)16-14(13(15)6)8-7-10(3)17-16/h9-10H,7-8H2,1-6H3. The van der Waals surface area contributed by atoms with E-state index in [0.29, 0.717) is 12.0 Å². The van der Waals surface area contributed by atoms with Crippen LogP contribution in [-0.2, 0) is 6.42 Å². The molecular formula is C16H24O. The van der Waals surface area contributed by atoms with Crippen molar-refractivity contribution in [1.29, 1.82) is 0 Å². The van der Waals surface area contributed by atoms with Crippen LogP contribution in [0.1, 0.15) is 60.9 Å². The van der Waals surface area contributed by atoms with Crippen molar-refractivity contribution in [3.63, 3.8) is 0 Å². The molecule has 0 fully saturated rings. The lowest BCUT2D eigenvalue weighted by atomic mass is 9.84. The molecule has 0 aliphatic carbocycles. The Morgan fingerprint density at radius 1 is 1.06 bits per heavy atom. The van der Waals surface area contributed by atoms with Gasteiger partial charge >= 0.3 is 0 Å². The first-order chi connectivity index (χ1) is 7.93. The van der Waals surface area contributed by atoms with Gasteiger partial charge in [-0.3, -0.25) is 0 Å². The Kier molecular flexibility index (Phi) is 3.20. The van der Waals surface area contributed by atoms with Crippen molar-refractivity contribution in [2.45, 2.75) is 66.4 Å². The van der Waals surface area contributed by atoms with Crippen LogP contribution in [0.2, 0.25) is 0 Å². The second-order valence-electron chi connectivity index (χ2n) is 5.72. The van der Waals surface area contributed by atoms with E-state index in [1.54, 1.807) is 0 Å². The number of hydrogen-bond donors (Lipinski definition) is 0. The molecule has 0 saturated heterocycles. The fourth-order valence-corrected chi connectivity index (χ4v) is 3.15. The van der Waals surface area contributed by atoms with E-state index in [-0.39, 0.29) is 0 Å². The maximum absolute atomic E-state index is 6.06. The van der Waals surface area contributed by atoms with Crippen molar-refractivity contribution in [1.82, 2.24) is 0 Å². The Morgan fingerprint density at radius 2 is 1.71 bits per heavy atom. The minimum absolute atomic E-state index is 0.366. The summed E-state index contributed by atoms with van der Waals surface area (Å²) >= 11 is 0. The monoisotopic (exact) mass is 232 g/mol. The Balaban J connectivity index is 2.67. The van der Waals surface area contributed by atoms with E-state index in [1.807, 2.05) is 0 Å². The van der Waals surface area contributed by atoms with Crippen LogP contribution in [0.15, 0.2) is 0 Å². The molecule has 94 valence electrons. The zero-order valence-electron chi connectivity index (χ0n) is 12.0. The Bertz CT molecular complexity index is 444. The van der Waals surface area contributed by atoms with E-state index in [2.05, 4.69) is 41.5 Å². The van der Waals surface area contributed by atoms with Crippen LogP contribution in [0.4, 0.5) is 0 Å². The number of hydrogen-bond acceptors (Lipinski definition) is 1. The summed E-state index contributed by atoms with van der Waals surface area (Å²) in [6.07, 6.45) is 2.68. The summed E-state index contributed by atoms with van der Waals surface area (Å²) in [5, 5.41) is 0. The van der Waals surface area contributed by atoms with E-state index in [0.717, 1.165) is 6.42 Å². The molecule has 0 N–H and O–H groups in total. The van der Waals surface area contributed by atoms with Gasteiger partial charge in [-0.15, -0.1) is 0 Å². The van der Waals surface area contributed by atoms with Crippen molar-refractivity contribution in [2.24, 2.45) is 0 Å². The summed E-state index contributed by atoms with van der Waals surface area (Å²) in [4.78, 5) is 0. The van der Waals surface area contributed by atoms with Crippen LogP contribution in [0, 0.1) is 20.8 Å². The number of benzene rings is 1. The average molecular weight is 232 g/mol. The van der Waals surface area contributed by atoms with Gasteiger partial charge < -0.3 is 4.74 Å². The number of rotatable bonds is 1. The van der Waals surface area contributed by atoms with Crippen LogP contribution in [0.3, 0.4) is 0 Å². The molecule has 0 aromatic heterocycles. The van der Waals surface area contributed by atoms with Gasteiger partial charge in [0.15, 0.2) is 0 Å². The van der Waals surface area contributed by atoms with Gasteiger partial charge in [-0.25, -0.2) is 0 Å². The highest BCUT2D eigenvalue weighted by Gasteiger charge is 2.24. The molecule has 1 aliphatic rings. The first-order valence-electron chi connectivity index (χ1n) is 6.72. The predicted molar refractivity (Wildman–Crippen MR) is 73.2 cm³/mol. The van der Waals surface area contributed by atoms with Gasteiger partial charge in [0, 0.05) is 0 Å². The molecule has 2 rings (SSSR count). The topological polar surface area (TPSA) is 9.23 Å². The summed E-state index contributed by atoms with van der Waals surface area (Å²) in [7, 11) is 0. The summed E-state index contributed by atoms with van der Waals surface area (Å²) in [5.41, 5.74) is 7.21.